The first-order valence-corrected chi connectivity index (χ1v) is 7.64. The van der Waals surface area contributed by atoms with Gasteiger partial charge in [-0.25, -0.2) is 8.42 Å². The molecule has 0 unspecified atom stereocenters. The summed E-state index contributed by atoms with van der Waals surface area (Å²) in [7, 11) is -2.01. The van der Waals surface area contributed by atoms with E-state index in [0.717, 1.165) is 11.1 Å². The predicted molar refractivity (Wildman–Crippen MR) is 76.8 cm³/mol. The summed E-state index contributed by atoms with van der Waals surface area (Å²) in [5.41, 5.74) is 7.22. The van der Waals surface area contributed by atoms with Gasteiger partial charge in [-0.05, 0) is 40.0 Å². The Morgan fingerprint density at radius 1 is 1.50 bits per heavy atom. The van der Waals surface area contributed by atoms with E-state index in [1.54, 1.807) is 12.1 Å². The van der Waals surface area contributed by atoms with E-state index in [0.29, 0.717) is 11.0 Å². The summed E-state index contributed by atoms with van der Waals surface area (Å²) in [6.45, 7) is 5.96. The van der Waals surface area contributed by atoms with Gasteiger partial charge in [0, 0.05) is 24.6 Å². The van der Waals surface area contributed by atoms with Crippen molar-refractivity contribution in [2.24, 2.45) is 5.73 Å². The zero-order chi connectivity index (χ0) is 13.9. The van der Waals surface area contributed by atoms with Gasteiger partial charge in [-0.1, -0.05) is 12.1 Å². The Labute approximate surface area is 117 Å². The highest BCUT2D eigenvalue weighted by Gasteiger charge is 2.23. The fourth-order valence-electron chi connectivity index (χ4n) is 1.56. The minimum Gasteiger partial charge on any atom is -0.326 e. The molecule has 0 aromatic heterocycles. The SMILES string of the molecule is C=CCN(C)S(=O)(=O)c1cc(CN)cc(C)c1Br. The summed E-state index contributed by atoms with van der Waals surface area (Å²) in [4.78, 5) is 0.243. The Hall–Kier alpha value is -0.690. The van der Waals surface area contributed by atoms with Crippen molar-refractivity contribution in [1.82, 2.24) is 4.31 Å². The molecule has 0 spiro atoms. The van der Waals surface area contributed by atoms with Crippen molar-refractivity contribution in [3.8, 4) is 0 Å². The standard InChI is InChI=1S/C12H17BrN2O2S/c1-4-5-15(3)18(16,17)11-7-10(8-14)6-9(2)12(11)13/h4,6-7H,1,5,8,14H2,2-3H3. The van der Waals surface area contributed by atoms with E-state index in [4.69, 9.17) is 5.73 Å². The zero-order valence-electron chi connectivity index (χ0n) is 10.5. The Morgan fingerprint density at radius 3 is 2.61 bits per heavy atom. The monoisotopic (exact) mass is 332 g/mol. The average molecular weight is 333 g/mol. The summed E-state index contributed by atoms with van der Waals surface area (Å²) in [5, 5.41) is 0. The van der Waals surface area contributed by atoms with E-state index in [2.05, 4.69) is 22.5 Å². The minimum atomic E-state index is -3.53. The van der Waals surface area contributed by atoms with Crippen molar-refractivity contribution in [3.63, 3.8) is 0 Å². The quantitative estimate of drug-likeness (QED) is 0.839. The molecule has 0 aliphatic carbocycles. The van der Waals surface area contributed by atoms with Crippen molar-refractivity contribution in [2.75, 3.05) is 13.6 Å². The van der Waals surface area contributed by atoms with Gasteiger partial charge in [0.1, 0.15) is 0 Å². The third-order valence-corrected chi connectivity index (χ3v) is 5.75. The third-order valence-electron chi connectivity index (χ3n) is 2.59. The van der Waals surface area contributed by atoms with Crippen LogP contribution < -0.4 is 5.73 Å². The number of hydrogen-bond acceptors (Lipinski definition) is 3. The molecule has 6 heteroatoms. The van der Waals surface area contributed by atoms with Crippen LogP contribution in [0.25, 0.3) is 0 Å². The predicted octanol–water partition coefficient (Wildman–Crippen LogP) is 2.02. The number of likely N-dealkylation sites (N-methyl/N-ethyl adjacent to an activating group) is 1. The van der Waals surface area contributed by atoms with E-state index < -0.39 is 10.0 Å². The molecular weight excluding hydrogens is 316 g/mol. The Morgan fingerprint density at radius 2 is 2.11 bits per heavy atom. The maximum absolute atomic E-state index is 12.4. The van der Waals surface area contributed by atoms with Crippen LogP contribution in [-0.2, 0) is 16.6 Å². The lowest BCUT2D eigenvalue weighted by molar-refractivity contribution is 0.498. The first kappa shape index (κ1) is 15.4. The lowest BCUT2D eigenvalue weighted by atomic mass is 10.1. The fourth-order valence-corrected chi connectivity index (χ4v) is 3.73. The topological polar surface area (TPSA) is 63.4 Å². The Balaban J connectivity index is 3.40. The second kappa shape index (κ2) is 5.97. The summed E-state index contributed by atoms with van der Waals surface area (Å²) < 4.78 is 26.6. The molecule has 0 amide bonds. The van der Waals surface area contributed by atoms with Gasteiger partial charge in [0.25, 0.3) is 0 Å². The lowest BCUT2D eigenvalue weighted by Crippen LogP contribution is -2.27. The first-order valence-electron chi connectivity index (χ1n) is 5.41. The molecule has 0 aliphatic heterocycles. The largest absolute Gasteiger partial charge is 0.326 e. The Bertz CT molecular complexity index is 555. The molecule has 1 rings (SSSR count). The van der Waals surface area contributed by atoms with Crippen molar-refractivity contribution in [3.05, 3.63) is 40.4 Å². The molecular formula is C12H17BrN2O2S. The van der Waals surface area contributed by atoms with Crippen LogP contribution in [0.3, 0.4) is 0 Å². The number of nitrogens with two attached hydrogens (primary N) is 1. The van der Waals surface area contributed by atoms with E-state index in [9.17, 15) is 8.42 Å². The van der Waals surface area contributed by atoms with Gasteiger partial charge >= 0.3 is 0 Å². The van der Waals surface area contributed by atoms with Gasteiger partial charge in [0.05, 0.1) is 4.90 Å². The number of hydrogen-bond donors (Lipinski definition) is 1. The summed E-state index contributed by atoms with van der Waals surface area (Å²) in [6, 6.07) is 3.47. The molecule has 0 saturated heterocycles. The van der Waals surface area contributed by atoms with Crippen LogP contribution in [0, 0.1) is 6.92 Å². The van der Waals surface area contributed by atoms with Crippen LogP contribution in [-0.4, -0.2) is 26.3 Å². The minimum absolute atomic E-state index is 0.243. The van der Waals surface area contributed by atoms with Crippen LogP contribution in [0.1, 0.15) is 11.1 Å². The fraction of sp³-hybridized carbons (Fsp3) is 0.333. The summed E-state index contributed by atoms with van der Waals surface area (Å²) in [6.07, 6.45) is 1.55. The second-order valence-electron chi connectivity index (χ2n) is 4.00. The molecule has 1 aromatic carbocycles. The molecule has 0 saturated carbocycles. The molecule has 2 N–H and O–H groups in total. The van der Waals surface area contributed by atoms with Crippen molar-refractivity contribution >= 4 is 26.0 Å². The highest BCUT2D eigenvalue weighted by atomic mass is 79.9. The van der Waals surface area contributed by atoms with Crippen LogP contribution in [0.2, 0.25) is 0 Å². The number of rotatable bonds is 5. The third kappa shape index (κ3) is 3.00. The van der Waals surface area contributed by atoms with Gasteiger partial charge < -0.3 is 5.73 Å². The zero-order valence-corrected chi connectivity index (χ0v) is 12.9. The van der Waals surface area contributed by atoms with Crippen molar-refractivity contribution in [2.45, 2.75) is 18.4 Å². The normalized spacial score (nSPS) is 11.8. The van der Waals surface area contributed by atoms with E-state index in [1.807, 2.05) is 13.0 Å². The van der Waals surface area contributed by atoms with Gasteiger partial charge in [0.15, 0.2) is 0 Å². The van der Waals surface area contributed by atoms with Crippen LogP contribution in [0.15, 0.2) is 34.2 Å². The Kier molecular flexibility index (Phi) is 5.10. The lowest BCUT2D eigenvalue weighted by Gasteiger charge is -2.18. The van der Waals surface area contributed by atoms with Gasteiger partial charge in [-0.3, -0.25) is 0 Å². The smallest absolute Gasteiger partial charge is 0.244 e. The van der Waals surface area contributed by atoms with Gasteiger partial charge in [-0.2, -0.15) is 4.31 Å². The van der Waals surface area contributed by atoms with E-state index in [1.165, 1.54) is 11.4 Å². The van der Waals surface area contributed by atoms with Crippen molar-refractivity contribution < 1.29 is 8.42 Å². The first-order chi connectivity index (χ1) is 8.34. The molecule has 0 atom stereocenters. The summed E-state index contributed by atoms with van der Waals surface area (Å²) in [5.74, 6) is 0. The number of sulfonamides is 1. The van der Waals surface area contributed by atoms with Gasteiger partial charge in [0.2, 0.25) is 10.0 Å². The molecule has 0 aliphatic rings. The number of benzene rings is 1. The number of aryl methyl sites for hydroxylation is 1. The van der Waals surface area contributed by atoms with Crippen LogP contribution >= 0.6 is 15.9 Å². The number of halogens is 1. The molecule has 4 nitrogen and oxygen atoms in total. The van der Waals surface area contributed by atoms with Crippen LogP contribution in [0.5, 0.6) is 0 Å². The van der Waals surface area contributed by atoms with Crippen LogP contribution in [0.4, 0.5) is 0 Å². The summed E-state index contributed by atoms with van der Waals surface area (Å²) >= 11 is 3.33. The highest BCUT2D eigenvalue weighted by molar-refractivity contribution is 9.10. The van der Waals surface area contributed by atoms with Crippen molar-refractivity contribution in [1.29, 1.82) is 0 Å². The molecule has 0 bridgehead atoms. The molecule has 0 radical (unpaired) electrons. The molecule has 0 heterocycles. The molecule has 18 heavy (non-hydrogen) atoms. The second-order valence-corrected chi connectivity index (χ2v) is 6.81. The van der Waals surface area contributed by atoms with E-state index >= 15 is 0 Å². The average Bonchev–Trinajstić information content (AvgIpc) is 2.32. The molecule has 100 valence electrons. The molecule has 1 aromatic rings. The highest BCUT2D eigenvalue weighted by Crippen LogP contribution is 2.29. The molecule has 0 fully saturated rings. The van der Waals surface area contributed by atoms with Gasteiger partial charge in [-0.15, -0.1) is 6.58 Å². The maximum atomic E-state index is 12.4. The maximum Gasteiger partial charge on any atom is 0.244 e. The number of nitrogens with zero attached hydrogens (tertiary/aromatic N) is 1. The van der Waals surface area contributed by atoms with E-state index in [-0.39, 0.29) is 11.4 Å².